The van der Waals surface area contributed by atoms with Crippen molar-refractivity contribution in [2.75, 3.05) is 18.4 Å². The molecule has 1 fully saturated rings. The van der Waals surface area contributed by atoms with Crippen LogP contribution in [0.2, 0.25) is 0 Å². The highest BCUT2D eigenvalue weighted by Gasteiger charge is 2.18. The van der Waals surface area contributed by atoms with E-state index in [1.54, 1.807) is 13.0 Å². The molecule has 0 spiro atoms. The number of nitrogens with zero attached hydrogens (tertiary/aromatic N) is 2. The van der Waals surface area contributed by atoms with Crippen molar-refractivity contribution < 1.29 is 4.92 Å². The lowest BCUT2D eigenvalue weighted by Crippen LogP contribution is -2.51. The Hall–Kier alpha value is -1.69. The van der Waals surface area contributed by atoms with Crippen LogP contribution in [0.15, 0.2) is 12.3 Å². The molecule has 0 aromatic carbocycles. The first-order valence-electron chi connectivity index (χ1n) is 4.75. The van der Waals surface area contributed by atoms with E-state index >= 15 is 0 Å². The van der Waals surface area contributed by atoms with Gasteiger partial charge >= 0.3 is 0 Å². The first kappa shape index (κ1) is 9.85. The van der Waals surface area contributed by atoms with Crippen LogP contribution in [0.3, 0.4) is 0 Å². The molecule has 15 heavy (non-hydrogen) atoms. The van der Waals surface area contributed by atoms with Gasteiger partial charge in [0.15, 0.2) is 0 Å². The molecular weight excluding hydrogens is 196 g/mol. The van der Waals surface area contributed by atoms with Gasteiger partial charge in [-0.3, -0.25) is 10.1 Å². The molecule has 0 bridgehead atoms. The number of hydrogen-bond acceptors (Lipinski definition) is 5. The second-order valence-electron chi connectivity index (χ2n) is 3.61. The zero-order valence-corrected chi connectivity index (χ0v) is 8.36. The monoisotopic (exact) mass is 208 g/mol. The molecule has 0 radical (unpaired) electrons. The molecule has 0 amide bonds. The Balaban J connectivity index is 2.13. The molecule has 0 unspecified atom stereocenters. The van der Waals surface area contributed by atoms with E-state index in [0.717, 1.165) is 13.1 Å². The minimum absolute atomic E-state index is 0.0623. The topological polar surface area (TPSA) is 80.1 Å². The van der Waals surface area contributed by atoms with Crippen LogP contribution in [0.25, 0.3) is 0 Å². The van der Waals surface area contributed by atoms with Gasteiger partial charge in [0.25, 0.3) is 5.69 Å². The van der Waals surface area contributed by atoms with Crippen LogP contribution < -0.4 is 10.6 Å². The maximum Gasteiger partial charge on any atom is 0.290 e. The van der Waals surface area contributed by atoms with Crippen molar-refractivity contribution in [3.63, 3.8) is 0 Å². The highest BCUT2D eigenvalue weighted by Crippen LogP contribution is 2.19. The molecule has 2 N–H and O–H groups in total. The number of nitrogens with one attached hydrogen (secondary N) is 2. The minimum Gasteiger partial charge on any atom is -0.365 e. The normalized spacial score (nSPS) is 15.8. The van der Waals surface area contributed by atoms with Gasteiger partial charge in [0.1, 0.15) is 12.0 Å². The Kier molecular flexibility index (Phi) is 2.51. The van der Waals surface area contributed by atoms with Crippen molar-refractivity contribution >= 4 is 11.5 Å². The summed E-state index contributed by atoms with van der Waals surface area (Å²) in [6.07, 6.45) is 1.30. The Morgan fingerprint density at radius 1 is 1.67 bits per heavy atom. The smallest absolute Gasteiger partial charge is 0.290 e. The molecule has 1 saturated heterocycles. The second-order valence-corrected chi connectivity index (χ2v) is 3.61. The lowest BCUT2D eigenvalue weighted by molar-refractivity contribution is -0.385. The third-order valence-electron chi connectivity index (χ3n) is 2.41. The number of rotatable bonds is 3. The summed E-state index contributed by atoms with van der Waals surface area (Å²) in [5.74, 6) is 0.699. The molecule has 1 aliphatic rings. The molecule has 1 aromatic rings. The average Bonchev–Trinajstić information content (AvgIpc) is 2.11. The average molecular weight is 208 g/mol. The zero-order valence-electron chi connectivity index (χ0n) is 8.36. The van der Waals surface area contributed by atoms with Crippen LogP contribution in [-0.2, 0) is 0 Å². The third-order valence-corrected chi connectivity index (χ3v) is 2.41. The lowest BCUT2D eigenvalue weighted by Gasteiger charge is -2.28. The first-order chi connectivity index (χ1) is 7.16. The molecule has 2 rings (SSSR count). The molecule has 2 heterocycles. The van der Waals surface area contributed by atoms with E-state index in [0.29, 0.717) is 17.4 Å². The van der Waals surface area contributed by atoms with Crippen molar-refractivity contribution in [3.05, 3.63) is 27.9 Å². The summed E-state index contributed by atoms with van der Waals surface area (Å²) < 4.78 is 0. The standard InChI is InChI=1S/C9H12N4O2/c1-6-2-9(12-7-3-10-4-7)11-5-8(6)13(14)15/h2,5,7,10H,3-4H2,1H3,(H,11,12). The van der Waals surface area contributed by atoms with Gasteiger partial charge < -0.3 is 10.6 Å². The quantitative estimate of drug-likeness (QED) is 0.564. The number of aromatic nitrogens is 1. The Labute approximate surface area is 86.9 Å². The zero-order chi connectivity index (χ0) is 10.8. The molecule has 80 valence electrons. The number of anilines is 1. The molecule has 0 saturated carbocycles. The van der Waals surface area contributed by atoms with Gasteiger partial charge in [0, 0.05) is 18.7 Å². The van der Waals surface area contributed by atoms with E-state index in [-0.39, 0.29) is 5.69 Å². The van der Waals surface area contributed by atoms with Gasteiger partial charge in [-0.15, -0.1) is 0 Å². The van der Waals surface area contributed by atoms with E-state index in [1.807, 2.05) is 0 Å². The molecule has 0 atom stereocenters. The summed E-state index contributed by atoms with van der Waals surface area (Å²) in [6.45, 7) is 3.54. The fraction of sp³-hybridized carbons (Fsp3) is 0.444. The SMILES string of the molecule is Cc1cc(NC2CNC2)ncc1[N+](=O)[O-]. The minimum atomic E-state index is -0.420. The van der Waals surface area contributed by atoms with Crippen LogP contribution in [-0.4, -0.2) is 29.0 Å². The summed E-state index contributed by atoms with van der Waals surface area (Å²) >= 11 is 0. The van der Waals surface area contributed by atoms with Gasteiger partial charge in [-0.25, -0.2) is 4.98 Å². The summed E-state index contributed by atoms with van der Waals surface area (Å²) in [5, 5.41) is 16.9. The molecule has 6 nitrogen and oxygen atoms in total. The van der Waals surface area contributed by atoms with Gasteiger partial charge in [0.2, 0.25) is 0 Å². The van der Waals surface area contributed by atoms with E-state index < -0.39 is 4.92 Å². The van der Waals surface area contributed by atoms with Crippen LogP contribution >= 0.6 is 0 Å². The predicted octanol–water partition coefficient (Wildman–Crippen LogP) is 0.682. The van der Waals surface area contributed by atoms with Crippen molar-refractivity contribution in [2.24, 2.45) is 0 Å². The van der Waals surface area contributed by atoms with Crippen LogP contribution in [0.1, 0.15) is 5.56 Å². The number of nitro groups is 1. The Morgan fingerprint density at radius 3 is 2.87 bits per heavy atom. The largest absolute Gasteiger partial charge is 0.365 e. The molecule has 6 heteroatoms. The molecular formula is C9H12N4O2. The maximum absolute atomic E-state index is 10.6. The number of pyridine rings is 1. The fourth-order valence-corrected chi connectivity index (χ4v) is 1.42. The molecule has 1 aromatic heterocycles. The van der Waals surface area contributed by atoms with Crippen LogP contribution in [0.5, 0.6) is 0 Å². The Bertz CT molecular complexity index is 390. The van der Waals surface area contributed by atoms with Gasteiger partial charge in [-0.1, -0.05) is 0 Å². The highest BCUT2D eigenvalue weighted by molar-refractivity contribution is 5.47. The van der Waals surface area contributed by atoms with Gasteiger partial charge in [-0.05, 0) is 13.0 Å². The summed E-state index contributed by atoms with van der Waals surface area (Å²) in [5.41, 5.74) is 0.692. The summed E-state index contributed by atoms with van der Waals surface area (Å²) in [4.78, 5) is 14.1. The van der Waals surface area contributed by atoms with Gasteiger partial charge in [0.05, 0.1) is 11.0 Å². The van der Waals surface area contributed by atoms with Crippen molar-refractivity contribution in [3.8, 4) is 0 Å². The van der Waals surface area contributed by atoms with E-state index in [9.17, 15) is 10.1 Å². The molecule has 0 aliphatic carbocycles. The Morgan fingerprint density at radius 2 is 2.40 bits per heavy atom. The van der Waals surface area contributed by atoms with Gasteiger partial charge in [-0.2, -0.15) is 0 Å². The fourth-order valence-electron chi connectivity index (χ4n) is 1.42. The number of aryl methyl sites for hydroxylation is 1. The number of hydrogen-bond donors (Lipinski definition) is 2. The lowest BCUT2D eigenvalue weighted by atomic mass is 10.2. The second kappa shape index (κ2) is 3.82. The first-order valence-corrected chi connectivity index (χ1v) is 4.75. The van der Waals surface area contributed by atoms with E-state index in [1.165, 1.54) is 6.20 Å². The highest BCUT2D eigenvalue weighted by atomic mass is 16.6. The maximum atomic E-state index is 10.6. The summed E-state index contributed by atoms with van der Waals surface area (Å²) in [7, 11) is 0. The van der Waals surface area contributed by atoms with Crippen molar-refractivity contribution in [1.29, 1.82) is 0 Å². The van der Waals surface area contributed by atoms with Crippen molar-refractivity contribution in [1.82, 2.24) is 10.3 Å². The van der Waals surface area contributed by atoms with Crippen molar-refractivity contribution in [2.45, 2.75) is 13.0 Å². The molecule has 1 aliphatic heterocycles. The predicted molar refractivity (Wildman–Crippen MR) is 55.9 cm³/mol. The van der Waals surface area contributed by atoms with E-state index in [2.05, 4.69) is 15.6 Å². The van der Waals surface area contributed by atoms with Crippen LogP contribution in [0, 0.1) is 17.0 Å². The van der Waals surface area contributed by atoms with Crippen LogP contribution in [0.4, 0.5) is 11.5 Å². The summed E-state index contributed by atoms with van der Waals surface area (Å²) in [6, 6.07) is 2.09. The third kappa shape index (κ3) is 2.04. The van der Waals surface area contributed by atoms with E-state index in [4.69, 9.17) is 0 Å².